The van der Waals surface area contributed by atoms with Gasteiger partial charge in [-0.1, -0.05) is 10.8 Å². The van der Waals surface area contributed by atoms with Gasteiger partial charge in [-0.2, -0.15) is 0 Å². The van der Waals surface area contributed by atoms with Crippen molar-refractivity contribution in [2.75, 3.05) is 26.1 Å². The Balaban J connectivity index is 3.21. The van der Waals surface area contributed by atoms with Crippen LogP contribution >= 0.6 is 21.6 Å². The van der Waals surface area contributed by atoms with Crippen molar-refractivity contribution in [1.29, 1.82) is 0 Å². The molecule has 0 bridgehead atoms. The molecule has 0 radical (unpaired) electrons. The first-order valence-electron chi connectivity index (χ1n) is 3.87. The average Bonchev–Trinajstić information content (AvgIpc) is 2.17. The summed E-state index contributed by atoms with van der Waals surface area (Å²) in [5.41, 5.74) is 0. The fraction of sp³-hybridized carbons (Fsp3) is 0.714. The Hall–Kier alpha value is -0.560. The lowest BCUT2D eigenvalue weighted by molar-refractivity contribution is 0.0638. The molecular formula is C7H12O5S2. The molecule has 5 nitrogen and oxygen atoms in total. The molecule has 0 spiro atoms. The Morgan fingerprint density at radius 1 is 1.29 bits per heavy atom. The van der Waals surface area contributed by atoms with Crippen LogP contribution in [0.15, 0.2) is 0 Å². The van der Waals surface area contributed by atoms with Crippen LogP contribution in [-0.4, -0.2) is 37.5 Å². The Bertz CT molecular complexity index is 185. The van der Waals surface area contributed by atoms with Crippen molar-refractivity contribution in [2.45, 2.75) is 6.92 Å². The maximum Gasteiger partial charge on any atom is 0.508 e. The van der Waals surface area contributed by atoms with Gasteiger partial charge in [0.05, 0.1) is 13.7 Å². The zero-order chi connectivity index (χ0) is 10.8. The molecule has 0 aliphatic carbocycles. The predicted octanol–water partition coefficient (Wildman–Crippen LogP) is 2.31. The van der Waals surface area contributed by atoms with Gasteiger partial charge in [-0.15, -0.1) is 0 Å². The molecule has 14 heavy (non-hydrogen) atoms. The molecule has 0 aliphatic rings. The largest absolute Gasteiger partial charge is 0.508 e. The molecule has 0 aromatic carbocycles. The molecule has 0 aromatic heterocycles. The van der Waals surface area contributed by atoms with E-state index in [1.807, 2.05) is 0 Å². The highest BCUT2D eigenvalue weighted by molar-refractivity contribution is 8.82. The monoisotopic (exact) mass is 240 g/mol. The molecule has 0 rings (SSSR count). The Morgan fingerprint density at radius 3 is 2.57 bits per heavy atom. The second-order valence-electron chi connectivity index (χ2n) is 1.89. The lowest BCUT2D eigenvalue weighted by Gasteiger charge is -2.02. The van der Waals surface area contributed by atoms with Crippen molar-refractivity contribution < 1.29 is 23.8 Å². The van der Waals surface area contributed by atoms with E-state index in [1.54, 1.807) is 6.92 Å². The van der Waals surface area contributed by atoms with Crippen LogP contribution in [0.1, 0.15) is 6.92 Å². The smallest absolute Gasteiger partial charge is 0.460 e. The van der Waals surface area contributed by atoms with Gasteiger partial charge in [0.25, 0.3) is 0 Å². The minimum absolute atomic E-state index is 0.216. The maximum absolute atomic E-state index is 10.6. The molecule has 0 atom stereocenters. The van der Waals surface area contributed by atoms with Crippen LogP contribution in [0.25, 0.3) is 0 Å². The number of hydrogen-bond acceptors (Lipinski definition) is 7. The van der Waals surface area contributed by atoms with Crippen LogP contribution in [0.5, 0.6) is 0 Å². The van der Waals surface area contributed by atoms with Crippen molar-refractivity contribution >= 4 is 33.0 Å². The first-order chi connectivity index (χ1) is 6.70. The highest BCUT2D eigenvalue weighted by Crippen LogP contribution is 2.22. The SMILES string of the molecule is CCOC(=O)OCCSSC(=O)OC. The first kappa shape index (κ1) is 13.4. The van der Waals surface area contributed by atoms with E-state index in [9.17, 15) is 9.59 Å². The van der Waals surface area contributed by atoms with Crippen LogP contribution in [0.2, 0.25) is 0 Å². The van der Waals surface area contributed by atoms with Crippen molar-refractivity contribution in [3.05, 3.63) is 0 Å². The van der Waals surface area contributed by atoms with Gasteiger partial charge >= 0.3 is 11.5 Å². The average molecular weight is 240 g/mol. The van der Waals surface area contributed by atoms with Crippen molar-refractivity contribution in [3.8, 4) is 0 Å². The quantitative estimate of drug-likeness (QED) is 0.415. The van der Waals surface area contributed by atoms with Gasteiger partial charge in [0, 0.05) is 16.5 Å². The number of hydrogen-bond donors (Lipinski definition) is 0. The highest BCUT2D eigenvalue weighted by atomic mass is 33.1. The minimum Gasteiger partial charge on any atom is -0.460 e. The molecule has 0 fully saturated rings. The van der Waals surface area contributed by atoms with Gasteiger partial charge in [0.2, 0.25) is 0 Å². The second kappa shape index (κ2) is 9.01. The van der Waals surface area contributed by atoms with Crippen LogP contribution in [0.3, 0.4) is 0 Å². The van der Waals surface area contributed by atoms with Crippen LogP contribution < -0.4 is 0 Å². The van der Waals surface area contributed by atoms with E-state index in [-0.39, 0.29) is 11.9 Å². The summed E-state index contributed by atoms with van der Waals surface area (Å²) in [6, 6.07) is 0. The lowest BCUT2D eigenvalue weighted by atomic mass is 10.8. The van der Waals surface area contributed by atoms with Crippen LogP contribution in [0.4, 0.5) is 9.59 Å². The van der Waals surface area contributed by atoms with E-state index < -0.39 is 6.16 Å². The van der Waals surface area contributed by atoms with E-state index in [0.29, 0.717) is 12.4 Å². The summed E-state index contributed by atoms with van der Waals surface area (Å²) in [4.78, 5) is 21.2. The molecule has 0 aromatic rings. The molecule has 0 saturated carbocycles. The third-order valence-electron chi connectivity index (χ3n) is 0.942. The number of methoxy groups -OCH3 is 1. The van der Waals surface area contributed by atoms with Gasteiger partial charge in [-0.05, 0) is 6.92 Å². The summed E-state index contributed by atoms with van der Waals surface area (Å²) in [5, 5.41) is -0.369. The van der Waals surface area contributed by atoms with Gasteiger partial charge in [0.15, 0.2) is 0 Å². The van der Waals surface area contributed by atoms with E-state index in [0.717, 1.165) is 10.8 Å². The minimum atomic E-state index is -0.684. The number of carbonyl (C=O) groups excluding carboxylic acids is 2. The Kier molecular flexibility index (Phi) is 8.65. The molecule has 82 valence electrons. The summed E-state index contributed by atoms with van der Waals surface area (Å²) in [6.45, 7) is 2.21. The summed E-state index contributed by atoms with van der Waals surface area (Å²) in [7, 11) is 3.53. The molecule has 7 heteroatoms. The summed E-state index contributed by atoms with van der Waals surface area (Å²) in [6.07, 6.45) is -0.684. The second-order valence-corrected chi connectivity index (χ2v) is 4.24. The molecule has 0 aliphatic heterocycles. The van der Waals surface area contributed by atoms with Crippen molar-refractivity contribution in [2.24, 2.45) is 0 Å². The van der Waals surface area contributed by atoms with Crippen molar-refractivity contribution in [3.63, 3.8) is 0 Å². The number of ether oxygens (including phenoxy) is 3. The highest BCUT2D eigenvalue weighted by Gasteiger charge is 2.03. The summed E-state index contributed by atoms with van der Waals surface area (Å²) in [5.74, 6) is 0.512. The summed E-state index contributed by atoms with van der Waals surface area (Å²) < 4.78 is 13.6. The summed E-state index contributed by atoms with van der Waals surface area (Å²) >= 11 is 0. The third-order valence-corrected chi connectivity index (χ3v) is 2.96. The maximum atomic E-state index is 10.6. The Labute approximate surface area is 90.2 Å². The topological polar surface area (TPSA) is 61.8 Å². The Morgan fingerprint density at radius 2 is 2.00 bits per heavy atom. The number of carbonyl (C=O) groups is 2. The van der Waals surface area contributed by atoms with Gasteiger partial charge < -0.3 is 14.2 Å². The molecule has 0 N–H and O–H groups in total. The molecular weight excluding hydrogens is 228 g/mol. The third kappa shape index (κ3) is 8.06. The molecule has 0 unspecified atom stereocenters. The zero-order valence-electron chi connectivity index (χ0n) is 7.98. The lowest BCUT2D eigenvalue weighted by Crippen LogP contribution is -2.09. The van der Waals surface area contributed by atoms with E-state index in [2.05, 4.69) is 14.2 Å². The normalized spacial score (nSPS) is 9.29. The van der Waals surface area contributed by atoms with Crippen LogP contribution in [-0.2, 0) is 14.2 Å². The zero-order valence-corrected chi connectivity index (χ0v) is 9.61. The van der Waals surface area contributed by atoms with Crippen LogP contribution in [0, 0.1) is 0 Å². The number of rotatable bonds is 5. The first-order valence-corrected chi connectivity index (χ1v) is 6.19. The van der Waals surface area contributed by atoms with Gasteiger partial charge in [0.1, 0.15) is 6.61 Å². The van der Waals surface area contributed by atoms with Crippen molar-refractivity contribution in [1.82, 2.24) is 0 Å². The van der Waals surface area contributed by atoms with Gasteiger partial charge in [-0.25, -0.2) is 9.59 Å². The fourth-order valence-electron chi connectivity index (χ4n) is 0.442. The fourth-order valence-corrected chi connectivity index (χ4v) is 1.79. The van der Waals surface area contributed by atoms with E-state index in [4.69, 9.17) is 0 Å². The predicted molar refractivity (Wildman–Crippen MR) is 55.4 cm³/mol. The van der Waals surface area contributed by atoms with E-state index in [1.165, 1.54) is 17.9 Å². The molecule has 0 heterocycles. The standard InChI is InChI=1S/C7H12O5S2/c1-3-11-6(8)12-4-5-13-14-7(9)10-2/h3-5H2,1-2H3. The molecule has 0 saturated heterocycles. The van der Waals surface area contributed by atoms with Gasteiger partial charge in [-0.3, -0.25) is 0 Å². The van der Waals surface area contributed by atoms with E-state index >= 15 is 0 Å². The molecule has 0 amide bonds.